The van der Waals surface area contributed by atoms with E-state index in [9.17, 15) is 14.0 Å². The van der Waals surface area contributed by atoms with E-state index in [1.54, 1.807) is 74.8 Å². The maximum absolute atomic E-state index is 13.0. The van der Waals surface area contributed by atoms with Crippen molar-refractivity contribution in [3.63, 3.8) is 0 Å². The van der Waals surface area contributed by atoms with Crippen molar-refractivity contribution in [3.05, 3.63) is 89.7 Å². The Hall–Kier alpha value is -3.87. The second kappa shape index (κ2) is 10.2. The molecule has 0 fully saturated rings. The van der Waals surface area contributed by atoms with E-state index in [0.717, 1.165) is 5.56 Å². The van der Waals surface area contributed by atoms with Crippen molar-refractivity contribution in [1.29, 1.82) is 0 Å². The van der Waals surface area contributed by atoms with Crippen LogP contribution in [0.15, 0.2) is 72.8 Å². The molecule has 1 N–H and O–H groups in total. The van der Waals surface area contributed by atoms with E-state index in [4.69, 9.17) is 9.47 Å². The number of rotatable bonds is 8. The molecule has 6 nitrogen and oxygen atoms in total. The van der Waals surface area contributed by atoms with Gasteiger partial charge >= 0.3 is 0 Å². The van der Waals surface area contributed by atoms with Crippen molar-refractivity contribution >= 4 is 17.5 Å². The molecule has 0 heterocycles. The van der Waals surface area contributed by atoms with Gasteiger partial charge in [0.15, 0.2) is 0 Å². The fourth-order valence-electron chi connectivity index (χ4n) is 2.85. The Balaban J connectivity index is 1.56. The van der Waals surface area contributed by atoms with Crippen molar-refractivity contribution in [2.24, 2.45) is 0 Å². The summed E-state index contributed by atoms with van der Waals surface area (Å²) in [6.45, 7) is 0.142. The molecule has 0 saturated carbocycles. The molecule has 0 spiro atoms. The third kappa shape index (κ3) is 6.30. The van der Waals surface area contributed by atoms with Gasteiger partial charge in [-0.2, -0.15) is 0 Å². The zero-order valence-corrected chi connectivity index (χ0v) is 17.3. The Labute approximate surface area is 180 Å². The van der Waals surface area contributed by atoms with E-state index >= 15 is 0 Å². The van der Waals surface area contributed by atoms with Crippen LogP contribution in [-0.4, -0.2) is 37.4 Å². The van der Waals surface area contributed by atoms with Crippen molar-refractivity contribution in [1.82, 2.24) is 4.90 Å². The lowest BCUT2D eigenvalue weighted by Crippen LogP contribution is -2.34. The van der Waals surface area contributed by atoms with E-state index in [2.05, 4.69) is 5.32 Å². The van der Waals surface area contributed by atoms with Crippen molar-refractivity contribution in [2.45, 2.75) is 6.61 Å². The van der Waals surface area contributed by atoms with E-state index < -0.39 is 0 Å². The van der Waals surface area contributed by atoms with Crippen LogP contribution >= 0.6 is 0 Å². The van der Waals surface area contributed by atoms with Crippen LogP contribution in [-0.2, 0) is 11.4 Å². The number of carbonyl (C=O) groups excluding carboxylic acids is 2. The minimum atomic E-state index is -0.315. The third-order valence-electron chi connectivity index (χ3n) is 4.50. The molecule has 31 heavy (non-hydrogen) atoms. The molecule has 0 aliphatic carbocycles. The summed E-state index contributed by atoms with van der Waals surface area (Å²) in [6.07, 6.45) is 0. The highest BCUT2D eigenvalue weighted by Crippen LogP contribution is 2.17. The molecule has 7 heteroatoms. The number of hydrogen-bond acceptors (Lipinski definition) is 4. The second-order valence-electron chi connectivity index (χ2n) is 6.88. The Morgan fingerprint density at radius 2 is 1.68 bits per heavy atom. The summed E-state index contributed by atoms with van der Waals surface area (Å²) in [7, 11) is 3.12. The molecule has 0 saturated heterocycles. The van der Waals surface area contributed by atoms with Gasteiger partial charge in [0.1, 0.15) is 23.9 Å². The first kappa shape index (κ1) is 21.8. The molecule has 3 aromatic rings. The number of likely N-dealkylation sites (N-methyl/N-ethyl adjacent to an activating group) is 1. The summed E-state index contributed by atoms with van der Waals surface area (Å²) >= 11 is 0. The lowest BCUT2D eigenvalue weighted by molar-refractivity contribution is -0.116. The molecule has 3 aromatic carbocycles. The third-order valence-corrected chi connectivity index (χ3v) is 4.50. The van der Waals surface area contributed by atoms with Gasteiger partial charge in [0.25, 0.3) is 5.91 Å². The molecule has 0 radical (unpaired) electrons. The van der Waals surface area contributed by atoms with Crippen LogP contribution < -0.4 is 14.8 Å². The van der Waals surface area contributed by atoms with Crippen LogP contribution in [0.4, 0.5) is 10.1 Å². The molecule has 0 aromatic heterocycles. The van der Waals surface area contributed by atoms with Crippen LogP contribution in [0.1, 0.15) is 15.9 Å². The molecule has 0 atom stereocenters. The van der Waals surface area contributed by atoms with E-state index in [0.29, 0.717) is 22.7 Å². The minimum Gasteiger partial charge on any atom is -0.497 e. The number of halogens is 1. The van der Waals surface area contributed by atoms with Crippen LogP contribution in [0, 0.1) is 5.82 Å². The van der Waals surface area contributed by atoms with Crippen molar-refractivity contribution < 1.29 is 23.5 Å². The molecule has 2 amide bonds. The highest BCUT2D eigenvalue weighted by atomic mass is 19.1. The molecular weight excluding hydrogens is 399 g/mol. The molecule has 0 aliphatic rings. The standard InChI is InChI=1S/C24H23FN2O4/c1-27(15-23(28)26-20-10-12-21(30-2)13-11-20)24(29)18-4-3-5-22(14-18)31-16-17-6-8-19(25)9-7-17/h3-14H,15-16H2,1-2H3,(H,26,28). The maximum atomic E-state index is 13.0. The normalized spacial score (nSPS) is 10.3. The number of ether oxygens (including phenoxy) is 2. The summed E-state index contributed by atoms with van der Waals surface area (Å²) in [5.41, 5.74) is 1.82. The lowest BCUT2D eigenvalue weighted by Gasteiger charge is -2.17. The largest absolute Gasteiger partial charge is 0.497 e. The van der Waals surface area contributed by atoms with Gasteiger partial charge in [0.2, 0.25) is 5.91 Å². The second-order valence-corrected chi connectivity index (χ2v) is 6.88. The monoisotopic (exact) mass is 422 g/mol. The van der Waals surface area contributed by atoms with Gasteiger partial charge in [0.05, 0.1) is 13.7 Å². The first-order chi connectivity index (χ1) is 14.9. The average Bonchev–Trinajstić information content (AvgIpc) is 2.78. The highest BCUT2D eigenvalue weighted by Gasteiger charge is 2.16. The summed E-state index contributed by atoms with van der Waals surface area (Å²) in [6, 6.07) is 19.6. The van der Waals surface area contributed by atoms with E-state index in [1.807, 2.05) is 0 Å². The number of nitrogens with zero attached hydrogens (tertiary/aromatic N) is 1. The van der Waals surface area contributed by atoms with Gasteiger partial charge in [-0.05, 0) is 60.2 Å². The fraction of sp³-hybridized carbons (Fsp3) is 0.167. The average molecular weight is 422 g/mol. The minimum absolute atomic E-state index is 0.106. The van der Waals surface area contributed by atoms with Gasteiger partial charge in [-0.3, -0.25) is 9.59 Å². The number of hydrogen-bond donors (Lipinski definition) is 1. The first-order valence-corrected chi connectivity index (χ1v) is 9.61. The summed E-state index contributed by atoms with van der Waals surface area (Å²) in [4.78, 5) is 26.3. The zero-order valence-electron chi connectivity index (χ0n) is 17.3. The highest BCUT2D eigenvalue weighted by molar-refractivity contribution is 5.99. The van der Waals surface area contributed by atoms with Gasteiger partial charge < -0.3 is 19.7 Å². The SMILES string of the molecule is COc1ccc(NC(=O)CN(C)C(=O)c2cccc(OCc3ccc(F)cc3)c2)cc1. The number of benzene rings is 3. The van der Waals surface area contributed by atoms with Crippen molar-refractivity contribution in [2.75, 3.05) is 26.0 Å². The maximum Gasteiger partial charge on any atom is 0.254 e. The molecule has 160 valence electrons. The number of carbonyl (C=O) groups is 2. The molecule has 0 unspecified atom stereocenters. The topological polar surface area (TPSA) is 67.9 Å². The molecular formula is C24H23FN2O4. The zero-order chi connectivity index (χ0) is 22.2. The quantitative estimate of drug-likeness (QED) is 0.593. The number of anilines is 1. The Kier molecular flexibility index (Phi) is 7.22. The number of methoxy groups -OCH3 is 1. The summed E-state index contributed by atoms with van der Waals surface area (Å²) in [5.74, 6) is 0.260. The van der Waals surface area contributed by atoms with Gasteiger partial charge in [0, 0.05) is 18.3 Å². The number of amides is 2. The van der Waals surface area contributed by atoms with Gasteiger partial charge in [-0.25, -0.2) is 4.39 Å². The lowest BCUT2D eigenvalue weighted by atomic mass is 10.2. The van der Waals surface area contributed by atoms with Crippen molar-refractivity contribution in [3.8, 4) is 11.5 Å². The van der Waals surface area contributed by atoms with Crippen LogP contribution in [0.5, 0.6) is 11.5 Å². The van der Waals surface area contributed by atoms with E-state index in [1.165, 1.54) is 17.0 Å². The smallest absolute Gasteiger partial charge is 0.254 e. The van der Waals surface area contributed by atoms with E-state index in [-0.39, 0.29) is 30.8 Å². The molecule has 3 rings (SSSR count). The van der Waals surface area contributed by atoms with Crippen LogP contribution in [0.2, 0.25) is 0 Å². The molecule has 0 aliphatic heterocycles. The number of nitrogens with one attached hydrogen (secondary N) is 1. The first-order valence-electron chi connectivity index (χ1n) is 9.61. The van der Waals surface area contributed by atoms with Crippen LogP contribution in [0.3, 0.4) is 0 Å². The summed E-state index contributed by atoms with van der Waals surface area (Å²) in [5, 5.41) is 2.74. The van der Waals surface area contributed by atoms with Crippen LogP contribution in [0.25, 0.3) is 0 Å². The van der Waals surface area contributed by atoms with Gasteiger partial charge in [-0.15, -0.1) is 0 Å². The predicted molar refractivity (Wildman–Crippen MR) is 116 cm³/mol. The fourth-order valence-corrected chi connectivity index (χ4v) is 2.85. The Morgan fingerprint density at radius 1 is 0.968 bits per heavy atom. The predicted octanol–water partition coefficient (Wildman–Crippen LogP) is 4.12. The van der Waals surface area contributed by atoms with Gasteiger partial charge in [-0.1, -0.05) is 18.2 Å². The molecule has 0 bridgehead atoms. The summed E-state index contributed by atoms with van der Waals surface area (Å²) < 4.78 is 23.8. The Morgan fingerprint density at radius 3 is 2.35 bits per heavy atom. The Bertz CT molecular complexity index is 1040.